The first-order valence-corrected chi connectivity index (χ1v) is 12.7. The van der Waals surface area contributed by atoms with Gasteiger partial charge in [0.1, 0.15) is 6.73 Å². The summed E-state index contributed by atoms with van der Waals surface area (Å²) in [7, 11) is -3.91. The van der Waals surface area contributed by atoms with Crippen LogP contribution >= 0.6 is 31.3 Å². The molecule has 2 rings (SSSR count). The molecule has 178 valence electrons. The first-order valence-electron chi connectivity index (χ1n) is 9.29. The lowest BCUT2D eigenvalue weighted by Gasteiger charge is -2.18. The third-order valence-corrected chi connectivity index (χ3v) is 6.53. The van der Waals surface area contributed by atoms with Gasteiger partial charge >= 0.3 is 7.82 Å². The molecule has 2 aromatic rings. The predicted octanol–water partition coefficient (Wildman–Crippen LogP) is 1.39. The number of nitrogen functional groups attached to an aromatic ring is 1. The summed E-state index contributed by atoms with van der Waals surface area (Å²) in [6.45, 7) is 2.66. The van der Waals surface area contributed by atoms with Crippen molar-refractivity contribution in [2.45, 2.75) is 20.6 Å². The van der Waals surface area contributed by atoms with Crippen LogP contribution in [0.25, 0.3) is 11.2 Å². The number of phosphoric ester groups is 1. The number of anilines is 1. The molecule has 0 radical (unpaired) electrons. The van der Waals surface area contributed by atoms with Gasteiger partial charge in [0.15, 0.2) is 21.4 Å². The molecule has 0 saturated heterocycles. The Morgan fingerprint density at radius 1 is 1.09 bits per heavy atom. The van der Waals surface area contributed by atoms with Crippen LogP contribution < -0.4 is 11.3 Å². The van der Waals surface area contributed by atoms with Crippen LogP contribution in [0.4, 0.5) is 5.95 Å². The van der Waals surface area contributed by atoms with Gasteiger partial charge in [-0.25, -0.2) is 9.55 Å². The van der Waals surface area contributed by atoms with E-state index < -0.39 is 13.4 Å². The van der Waals surface area contributed by atoms with Gasteiger partial charge in [0.05, 0.1) is 32.8 Å². The second kappa shape index (κ2) is 13.1. The van der Waals surface area contributed by atoms with Gasteiger partial charge in [0.2, 0.25) is 5.95 Å². The molecule has 0 aliphatic heterocycles. The molecular formula is C16H24N5O8PS2. The molecule has 13 nitrogen and oxygen atoms in total. The Hall–Kier alpha value is -1.74. The Morgan fingerprint density at radius 3 is 2.28 bits per heavy atom. The van der Waals surface area contributed by atoms with Gasteiger partial charge in [-0.05, 0) is 0 Å². The van der Waals surface area contributed by atoms with Crippen LogP contribution in [0, 0.1) is 0 Å². The fourth-order valence-electron chi connectivity index (χ4n) is 2.22. The van der Waals surface area contributed by atoms with Crippen molar-refractivity contribution in [1.82, 2.24) is 19.5 Å². The number of phosphoric acid groups is 1. The smallest absolute Gasteiger partial charge is 0.369 e. The van der Waals surface area contributed by atoms with E-state index in [1.54, 1.807) is 0 Å². The number of nitrogens with two attached hydrogens (primary N) is 1. The Morgan fingerprint density at radius 2 is 1.69 bits per heavy atom. The summed E-state index contributed by atoms with van der Waals surface area (Å²) in [5.41, 5.74) is 5.46. The zero-order valence-corrected chi connectivity index (χ0v) is 20.0. The molecule has 0 aliphatic rings. The number of carbonyl (C=O) groups excluding carboxylic acids is 2. The fourth-order valence-corrected chi connectivity index (χ4v) is 4.52. The summed E-state index contributed by atoms with van der Waals surface area (Å²) < 4.78 is 35.4. The zero-order chi connectivity index (χ0) is 23.6. The van der Waals surface area contributed by atoms with Crippen LogP contribution in [0.2, 0.25) is 0 Å². The predicted molar refractivity (Wildman–Crippen MR) is 120 cm³/mol. The number of thioether (sulfide) groups is 2. The Kier molecular flexibility index (Phi) is 10.8. The van der Waals surface area contributed by atoms with E-state index >= 15 is 0 Å². The largest absolute Gasteiger partial charge is 0.474 e. The lowest BCUT2D eigenvalue weighted by Crippen LogP contribution is -2.13. The van der Waals surface area contributed by atoms with E-state index in [2.05, 4.69) is 15.0 Å². The normalized spacial score (nSPS) is 11.8. The number of nitrogens with zero attached hydrogens (tertiary/aromatic N) is 3. The minimum atomic E-state index is -3.91. The van der Waals surface area contributed by atoms with Gasteiger partial charge in [-0.15, -0.1) is 0 Å². The number of fused-ring (bicyclic) bond motifs is 1. The monoisotopic (exact) mass is 509 g/mol. The molecule has 0 atom stereocenters. The third kappa shape index (κ3) is 9.02. The highest BCUT2D eigenvalue weighted by molar-refractivity contribution is 8.13. The molecule has 0 saturated carbocycles. The highest BCUT2D eigenvalue weighted by Crippen LogP contribution is 2.49. The Balaban J connectivity index is 1.82. The lowest BCUT2D eigenvalue weighted by atomic mass is 10.5. The van der Waals surface area contributed by atoms with Gasteiger partial charge in [0.25, 0.3) is 5.56 Å². The quantitative estimate of drug-likeness (QED) is 0.276. The molecule has 2 aromatic heterocycles. The van der Waals surface area contributed by atoms with Crippen LogP contribution in [0.1, 0.15) is 13.8 Å². The topological polar surface area (TPSA) is 178 Å². The minimum Gasteiger partial charge on any atom is -0.369 e. The summed E-state index contributed by atoms with van der Waals surface area (Å²) in [6, 6.07) is 0. The number of hydrogen-bond donors (Lipinski definition) is 2. The molecule has 3 N–H and O–H groups in total. The maximum Gasteiger partial charge on any atom is 0.474 e. The molecule has 2 heterocycles. The van der Waals surface area contributed by atoms with Crippen LogP contribution in [-0.4, -0.2) is 67.7 Å². The second-order valence-electron chi connectivity index (χ2n) is 6.00. The van der Waals surface area contributed by atoms with Crippen LogP contribution in [0.3, 0.4) is 0 Å². The number of hydrogen-bond acceptors (Lipinski definition) is 13. The fraction of sp³-hybridized carbons (Fsp3) is 0.562. The number of rotatable bonds is 14. The summed E-state index contributed by atoms with van der Waals surface area (Å²) >= 11 is 2.04. The Bertz CT molecular complexity index is 1000. The first-order chi connectivity index (χ1) is 15.2. The van der Waals surface area contributed by atoms with E-state index in [4.69, 9.17) is 24.0 Å². The van der Waals surface area contributed by atoms with E-state index in [9.17, 15) is 18.9 Å². The maximum atomic E-state index is 12.8. The molecule has 16 heteroatoms. The molecule has 0 fully saturated rings. The van der Waals surface area contributed by atoms with Crippen LogP contribution in [0.5, 0.6) is 0 Å². The van der Waals surface area contributed by atoms with Gasteiger partial charge in [-0.1, -0.05) is 23.5 Å². The zero-order valence-electron chi connectivity index (χ0n) is 17.5. The number of nitrogens with one attached hydrogen (secondary N) is 1. The van der Waals surface area contributed by atoms with Gasteiger partial charge in [0, 0.05) is 25.4 Å². The number of aromatic amines is 1. The van der Waals surface area contributed by atoms with Crippen molar-refractivity contribution in [3.8, 4) is 0 Å². The van der Waals surface area contributed by atoms with Gasteiger partial charge in [-0.3, -0.25) is 37.5 Å². The molecule has 0 bridgehead atoms. The number of carbonyl (C=O) groups is 2. The number of aromatic nitrogens is 4. The van der Waals surface area contributed by atoms with Crippen molar-refractivity contribution in [3.05, 3.63) is 16.7 Å². The van der Waals surface area contributed by atoms with Crippen molar-refractivity contribution >= 4 is 58.7 Å². The molecule has 0 amide bonds. The maximum absolute atomic E-state index is 12.8. The molecular weight excluding hydrogens is 485 g/mol. The Labute approximate surface area is 191 Å². The summed E-state index contributed by atoms with van der Waals surface area (Å²) in [5, 5.41) is -0.191. The average molecular weight is 510 g/mol. The number of H-pyrrole nitrogens is 1. The van der Waals surface area contributed by atoms with Crippen molar-refractivity contribution in [1.29, 1.82) is 0 Å². The van der Waals surface area contributed by atoms with E-state index in [0.717, 1.165) is 23.5 Å². The number of ether oxygens (including phenoxy) is 1. The van der Waals surface area contributed by atoms with Gasteiger partial charge < -0.3 is 10.5 Å². The molecule has 0 spiro atoms. The summed E-state index contributed by atoms with van der Waals surface area (Å²) in [5.74, 6) is 0.523. The first kappa shape index (κ1) is 26.5. The van der Waals surface area contributed by atoms with Crippen molar-refractivity contribution in [2.75, 3.05) is 43.7 Å². The number of imidazole rings is 1. The third-order valence-electron chi connectivity index (χ3n) is 3.48. The van der Waals surface area contributed by atoms with E-state index in [-0.39, 0.29) is 72.0 Å². The second-order valence-corrected chi connectivity index (χ2v) is 10.2. The van der Waals surface area contributed by atoms with Gasteiger partial charge in [-0.2, -0.15) is 4.98 Å². The summed E-state index contributed by atoms with van der Waals surface area (Å²) in [4.78, 5) is 44.1. The van der Waals surface area contributed by atoms with Crippen LogP contribution in [0.15, 0.2) is 11.1 Å². The standard InChI is InChI=1S/C16H24N5O8PS2/c1-11(22)31-7-5-28-30(25,29-6-8-32-12(2)23)27-4-3-26-10-21-9-18-13-14(21)19-16(17)20-15(13)24/h9H,3-8,10H2,1-2H3,(H3,17,19,20,24). The molecule has 0 aromatic carbocycles. The minimum absolute atomic E-state index is 0.00767. The van der Waals surface area contributed by atoms with E-state index in [0.29, 0.717) is 0 Å². The van der Waals surface area contributed by atoms with E-state index in [1.807, 2.05) is 0 Å². The highest BCUT2D eigenvalue weighted by Gasteiger charge is 2.26. The lowest BCUT2D eigenvalue weighted by molar-refractivity contribution is -0.109. The highest BCUT2D eigenvalue weighted by atomic mass is 32.2. The van der Waals surface area contributed by atoms with Crippen molar-refractivity contribution in [3.63, 3.8) is 0 Å². The molecule has 0 unspecified atom stereocenters. The average Bonchev–Trinajstić information content (AvgIpc) is 3.11. The van der Waals surface area contributed by atoms with Crippen LogP contribution in [-0.2, 0) is 39.2 Å². The van der Waals surface area contributed by atoms with Crippen molar-refractivity contribution < 1.29 is 32.5 Å². The molecule has 32 heavy (non-hydrogen) atoms. The van der Waals surface area contributed by atoms with E-state index in [1.165, 1.54) is 24.7 Å². The summed E-state index contributed by atoms with van der Waals surface area (Å²) in [6.07, 6.45) is 1.38. The molecule has 0 aliphatic carbocycles. The van der Waals surface area contributed by atoms with Crippen molar-refractivity contribution in [2.24, 2.45) is 0 Å². The SMILES string of the molecule is CC(=O)SCCOP(=O)(OCCOCn1cnc2c(=O)[nH]c(N)nc21)OCCSC(C)=O.